The van der Waals surface area contributed by atoms with Gasteiger partial charge < -0.3 is 5.32 Å². The molecule has 0 aliphatic carbocycles. The fourth-order valence-corrected chi connectivity index (χ4v) is 2.51. The number of pyridine rings is 1. The van der Waals surface area contributed by atoms with E-state index in [0.29, 0.717) is 11.3 Å². The van der Waals surface area contributed by atoms with Gasteiger partial charge in [-0.15, -0.1) is 0 Å². The molecule has 8 heteroatoms. The monoisotopic (exact) mass is 328 g/mol. The summed E-state index contributed by atoms with van der Waals surface area (Å²) in [5, 5.41) is 2.50. The van der Waals surface area contributed by atoms with Crippen molar-refractivity contribution in [3.63, 3.8) is 0 Å². The summed E-state index contributed by atoms with van der Waals surface area (Å²) < 4.78 is 35.9. The maximum atomic E-state index is 13.4. The van der Waals surface area contributed by atoms with Crippen molar-refractivity contribution < 1.29 is 17.6 Å². The van der Waals surface area contributed by atoms with E-state index in [2.05, 4.69) is 10.3 Å². The van der Waals surface area contributed by atoms with Crippen molar-refractivity contribution >= 4 is 31.3 Å². The highest BCUT2D eigenvalue weighted by molar-refractivity contribution is 8.13. The third-order valence-corrected chi connectivity index (χ3v) is 4.10. The number of nitrogens with zero attached hydrogens (tertiary/aromatic N) is 1. The second kappa shape index (κ2) is 5.79. The summed E-state index contributed by atoms with van der Waals surface area (Å²) in [6, 6.07) is 5.22. The van der Waals surface area contributed by atoms with E-state index in [1.54, 1.807) is 6.92 Å². The molecule has 21 heavy (non-hydrogen) atoms. The minimum Gasteiger partial charge on any atom is -0.322 e. The molecule has 2 rings (SSSR count). The van der Waals surface area contributed by atoms with Crippen LogP contribution in [0.15, 0.2) is 41.6 Å². The number of nitrogens with one attached hydrogen (secondary N) is 1. The first kappa shape index (κ1) is 15.4. The zero-order valence-corrected chi connectivity index (χ0v) is 12.4. The van der Waals surface area contributed by atoms with Gasteiger partial charge in [-0.3, -0.25) is 9.78 Å². The van der Waals surface area contributed by atoms with Gasteiger partial charge in [-0.2, -0.15) is 0 Å². The first-order valence-electron chi connectivity index (χ1n) is 5.75. The number of aromatic nitrogens is 1. The van der Waals surface area contributed by atoms with Crippen molar-refractivity contribution in [2.45, 2.75) is 11.8 Å². The highest BCUT2D eigenvalue weighted by Crippen LogP contribution is 2.22. The van der Waals surface area contributed by atoms with Crippen LogP contribution in [0.25, 0.3) is 0 Å². The van der Waals surface area contributed by atoms with Gasteiger partial charge in [-0.05, 0) is 36.8 Å². The lowest BCUT2D eigenvalue weighted by molar-refractivity contribution is 0.102. The molecule has 2 aromatic rings. The molecule has 0 unspecified atom stereocenters. The van der Waals surface area contributed by atoms with Crippen LogP contribution in [-0.2, 0) is 9.05 Å². The van der Waals surface area contributed by atoms with Gasteiger partial charge in [0.2, 0.25) is 0 Å². The minimum absolute atomic E-state index is 0.0743. The van der Waals surface area contributed by atoms with Crippen LogP contribution in [0, 0.1) is 12.7 Å². The maximum Gasteiger partial charge on any atom is 0.261 e. The molecular weight excluding hydrogens is 319 g/mol. The summed E-state index contributed by atoms with van der Waals surface area (Å²) in [5.41, 5.74) is 0.693. The fraction of sp³-hybridized carbons (Fsp3) is 0.0769. The molecule has 0 fully saturated rings. The average molecular weight is 329 g/mol. The van der Waals surface area contributed by atoms with Gasteiger partial charge in [-0.25, -0.2) is 12.8 Å². The van der Waals surface area contributed by atoms with Crippen molar-refractivity contribution in [1.82, 2.24) is 4.98 Å². The molecule has 1 amide bonds. The Bertz CT molecular complexity index is 809. The van der Waals surface area contributed by atoms with E-state index in [9.17, 15) is 17.6 Å². The van der Waals surface area contributed by atoms with Gasteiger partial charge in [0.1, 0.15) is 0 Å². The number of aryl methyl sites for hydroxylation is 1. The Kier molecular flexibility index (Phi) is 4.24. The van der Waals surface area contributed by atoms with Gasteiger partial charge in [0.05, 0.1) is 16.7 Å². The molecule has 0 bridgehead atoms. The molecule has 0 atom stereocenters. The number of benzene rings is 1. The number of carbonyl (C=O) groups excluding carboxylic acids is 1. The topological polar surface area (TPSA) is 76.1 Å². The largest absolute Gasteiger partial charge is 0.322 e. The summed E-state index contributed by atoms with van der Waals surface area (Å²) in [6.07, 6.45) is 2.24. The molecule has 0 aliphatic rings. The van der Waals surface area contributed by atoms with Crippen LogP contribution < -0.4 is 5.32 Å². The molecule has 1 heterocycles. The summed E-state index contributed by atoms with van der Waals surface area (Å²) in [4.78, 5) is 15.4. The number of hydrogen-bond acceptors (Lipinski definition) is 4. The Morgan fingerprint density at radius 3 is 2.62 bits per heavy atom. The summed E-state index contributed by atoms with van der Waals surface area (Å²) in [7, 11) is 1.40. The lowest BCUT2D eigenvalue weighted by Crippen LogP contribution is -2.14. The molecule has 1 aromatic carbocycles. The van der Waals surface area contributed by atoms with E-state index in [1.807, 2.05) is 0 Å². The molecule has 1 aromatic heterocycles. The van der Waals surface area contributed by atoms with Crippen LogP contribution in [0.4, 0.5) is 10.1 Å². The molecule has 0 radical (unpaired) electrons. The van der Waals surface area contributed by atoms with Crippen molar-refractivity contribution in [3.05, 3.63) is 53.6 Å². The number of carbonyl (C=O) groups is 1. The molecule has 110 valence electrons. The quantitative estimate of drug-likeness (QED) is 0.879. The van der Waals surface area contributed by atoms with Crippen LogP contribution in [0.2, 0.25) is 0 Å². The zero-order chi connectivity index (χ0) is 15.6. The molecule has 0 spiro atoms. The van der Waals surface area contributed by atoms with Crippen LogP contribution in [-0.4, -0.2) is 19.3 Å². The third-order valence-electron chi connectivity index (χ3n) is 2.74. The predicted molar refractivity (Wildman–Crippen MR) is 76.4 cm³/mol. The maximum absolute atomic E-state index is 13.4. The molecule has 5 nitrogen and oxygen atoms in total. The second-order valence-corrected chi connectivity index (χ2v) is 6.79. The van der Waals surface area contributed by atoms with Gasteiger partial charge in [0.15, 0.2) is 5.82 Å². The van der Waals surface area contributed by atoms with E-state index in [0.717, 1.165) is 6.20 Å². The number of hydrogen-bond donors (Lipinski definition) is 1. The molecule has 1 N–H and O–H groups in total. The smallest absolute Gasteiger partial charge is 0.261 e. The van der Waals surface area contributed by atoms with E-state index >= 15 is 0 Å². The Labute approximate surface area is 125 Å². The van der Waals surface area contributed by atoms with Gasteiger partial charge in [0.25, 0.3) is 15.0 Å². The second-order valence-electron chi connectivity index (χ2n) is 4.22. The highest BCUT2D eigenvalue weighted by Gasteiger charge is 2.15. The number of halogens is 2. The van der Waals surface area contributed by atoms with E-state index < -0.39 is 20.8 Å². The summed E-state index contributed by atoms with van der Waals surface area (Å²) in [5.74, 6) is -1.40. The van der Waals surface area contributed by atoms with E-state index in [1.165, 1.54) is 30.5 Å². The number of amides is 1. The Balaban J connectivity index is 2.29. The standard InChI is InChI=1S/C13H10ClFN2O3S/c1-8-6-9(21(14,19)20)2-3-12(8)17-13(18)10-4-5-16-7-11(10)15/h2-7H,1H3,(H,17,18). The third kappa shape index (κ3) is 3.56. The molecule has 0 aliphatic heterocycles. The van der Waals surface area contributed by atoms with Gasteiger partial charge >= 0.3 is 0 Å². The predicted octanol–water partition coefficient (Wildman–Crippen LogP) is 2.71. The van der Waals surface area contributed by atoms with Crippen LogP contribution in [0.5, 0.6) is 0 Å². The molecule has 0 saturated carbocycles. The summed E-state index contributed by atoms with van der Waals surface area (Å²) >= 11 is 0. The van der Waals surface area contributed by atoms with Crippen molar-refractivity contribution in [2.24, 2.45) is 0 Å². The Hall–Kier alpha value is -1.99. The van der Waals surface area contributed by atoms with Crippen molar-refractivity contribution in [2.75, 3.05) is 5.32 Å². The zero-order valence-electron chi connectivity index (χ0n) is 10.8. The fourth-order valence-electron chi connectivity index (χ4n) is 1.68. The van der Waals surface area contributed by atoms with Crippen LogP contribution in [0.3, 0.4) is 0 Å². The molecule has 0 saturated heterocycles. The summed E-state index contributed by atoms with van der Waals surface area (Å²) in [6.45, 7) is 1.60. The first-order valence-corrected chi connectivity index (χ1v) is 8.06. The van der Waals surface area contributed by atoms with Gasteiger partial charge in [0, 0.05) is 22.6 Å². The first-order chi connectivity index (χ1) is 9.79. The van der Waals surface area contributed by atoms with E-state index in [4.69, 9.17) is 10.7 Å². The lowest BCUT2D eigenvalue weighted by Gasteiger charge is -2.09. The highest BCUT2D eigenvalue weighted by atomic mass is 35.7. The normalized spacial score (nSPS) is 11.2. The molecular formula is C13H10ClFN2O3S. The van der Waals surface area contributed by atoms with Gasteiger partial charge in [-0.1, -0.05) is 0 Å². The SMILES string of the molecule is Cc1cc(S(=O)(=O)Cl)ccc1NC(=O)c1ccncc1F. The van der Waals surface area contributed by atoms with Crippen molar-refractivity contribution in [3.8, 4) is 0 Å². The van der Waals surface area contributed by atoms with Crippen molar-refractivity contribution in [1.29, 1.82) is 0 Å². The Morgan fingerprint density at radius 2 is 2.05 bits per heavy atom. The number of rotatable bonds is 3. The average Bonchev–Trinajstić information content (AvgIpc) is 2.40. The van der Waals surface area contributed by atoms with E-state index in [-0.39, 0.29) is 10.5 Å². The minimum atomic E-state index is -3.84. The number of anilines is 1. The van der Waals surface area contributed by atoms with Crippen LogP contribution in [0.1, 0.15) is 15.9 Å². The Morgan fingerprint density at radius 1 is 1.33 bits per heavy atom. The van der Waals surface area contributed by atoms with Crippen LogP contribution >= 0.6 is 10.7 Å². The lowest BCUT2D eigenvalue weighted by atomic mass is 10.2.